The van der Waals surface area contributed by atoms with Crippen LogP contribution in [-0.2, 0) is 7.05 Å². The molecule has 2 aromatic carbocycles. The minimum absolute atomic E-state index is 0.176. The zero-order valence-corrected chi connectivity index (χ0v) is 13.7. The predicted molar refractivity (Wildman–Crippen MR) is 91.0 cm³/mol. The predicted octanol–water partition coefficient (Wildman–Crippen LogP) is 4.95. The zero-order chi connectivity index (χ0) is 16.7. The van der Waals surface area contributed by atoms with E-state index in [-0.39, 0.29) is 5.82 Å². The van der Waals surface area contributed by atoms with Gasteiger partial charge in [0.15, 0.2) is 11.9 Å². The fraction of sp³-hybridized carbons (Fsp3) is 0.200. The van der Waals surface area contributed by atoms with E-state index >= 15 is 0 Å². The number of halogens is 1. The third kappa shape index (κ3) is 2.37. The van der Waals surface area contributed by atoms with Crippen molar-refractivity contribution < 1.29 is 8.96 Å². The Balaban J connectivity index is 2.46. The van der Waals surface area contributed by atoms with Crippen molar-refractivity contribution in [2.75, 3.05) is 0 Å². The van der Waals surface area contributed by atoms with Crippen molar-refractivity contribution in [2.45, 2.75) is 20.8 Å². The number of nitrogens with zero attached hydrogens (tertiary/aromatic N) is 2. The Kier molecular flexibility index (Phi) is 3.61. The minimum atomic E-state index is -0.176. The number of aryl methyl sites for hydroxylation is 3. The summed E-state index contributed by atoms with van der Waals surface area (Å²) in [6, 6.07) is 9.39. The molecule has 3 heteroatoms. The standard InChI is InChI=1S/C20H18FN2/c1-12-10-13(2)19(21)18(14(12)3)20-17-7-6-16(22-4)11-15(17)8-9-23(20)5/h6-11H,1-3,5H3/q+1. The van der Waals surface area contributed by atoms with Crippen molar-refractivity contribution in [3.63, 3.8) is 0 Å². The lowest BCUT2D eigenvalue weighted by molar-refractivity contribution is -0.659. The van der Waals surface area contributed by atoms with Gasteiger partial charge < -0.3 is 0 Å². The molecule has 3 rings (SSSR count). The van der Waals surface area contributed by atoms with Gasteiger partial charge in [0.2, 0.25) is 5.69 Å². The molecular weight excluding hydrogens is 287 g/mol. The molecule has 0 atom stereocenters. The molecule has 0 saturated carbocycles. The van der Waals surface area contributed by atoms with Crippen molar-refractivity contribution in [2.24, 2.45) is 7.05 Å². The Hall–Kier alpha value is -2.73. The second-order valence-electron chi connectivity index (χ2n) is 5.98. The average Bonchev–Trinajstić information content (AvgIpc) is 2.54. The van der Waals surface area contributed by atoms with Crippen LogP contribution in [0.15, 0.2) is 36.5 Å². The van der Waals surface area contributed by atoms with Crippen molar-refractivity contribution in [1.82, 2.24) is 0 Å². The molecule has 114 valence electrons. The molecule has 0 aliphatic heterocycles. The van der Waals surface area contributed by atoms with Crippen molar-refractivity contribution in [3.05, 3.63) is 70.5 Å². The molecule has 0 aliphatic rings. The molecule has 3 aromatic rings. The van der Waals surface area contributed by atoms with Gasteiger partial charge in [-0.3, -0.25) is 0 Å². The summed E-state index contributed by atoms with van der Waals surface area (Å²) in [5.74, 6) is -0.176. The first kappa shape index (κ1) is 15.2. The highest BCUT2D eigenvalue weighted by Gasteiger charge is 2.23. The molecule has 0 fully saturated rings. The Morgan fingerprint density at radius 2 is 1.78 bits per heavy atom. The third-order valence-electron chi connectivity index (χ3n) is 4.45. The van der Waals surface area contributed by atoms with Gasteiger partial charge in [-0.1, -0.05) is 18.2 Å². The Morgan fingerprint density at radius 3 is 2.48 bits per heavy atom. The van der Waals surface area contributed by atoms with E-state index in [1.54, 1.807) is 13.0 Å². The second kappa shape index (κ2) is 5.48. The SMILES string of the molecule is [C-]#[N+]c1ccc2c(-c3c(C)c(C)cc(C)c3F)[n+](C)ccc2c1. The highest BCUT2D eigenvalue weighted by molar-refractivity contribution is 5.95. The molecule has 1 heterocycles. The molecule has 0 unspecified atom stereocenters. The van der Waals surface area contributed by atoms with Gasteiger partial charge in [-0.2, -0.15) is 0 Å². The number of aromatic nitrogens is 1. The van der Waals surface area contributed by atoms with Gasteiger partial charge in [0.05, 0.1) is 17.5 Å². The number of pyridine rings is 1. The summed E-state index contributed by atoms with van der Waals surface area (Å²) in [6.45, 7) is 12.9. The van der Waals surface area contributed by atoms with Gasteiger partial charge in [0, 0.05) is 6.07 Å². The maximum Gasteiger partial charge on any atom is 0.223 e. The van der Waals surface area contributed by atoms with E-state index in [0.717, 1.165) is 27.6 Å². The molecular formula is C20H18FN2+. The lowest BCUT2D eigenvalue weighted by Crippen LogP contribution is -2.31. The first-order valence-electron chi connectivity index (χ1n) is 7.50. The Morgan fingerprint density at radius 1 is 1.04 bits per heavy atom. The maximum absolute atomic E-state index is 14.9. The molecule has 23 heavy (non-hydrogen) atoms. The van der Waals surface area contributed by atoms with Crippen LogP contribution in [-0.4, -0.2) is 0 Å². The van der Waals surface area contributed by atoms with Crippen molar-refractivity contribution in [1.29, 1.82) is 0 Å². The van der Waals surface area contributed by atoms with E-state index in [0.29, 0.717) is 16.8 Å². The summed E-state index contributed by atoms with van der Waals surface area (Å²) < 4.78 is 16.9. The van der Waals surface area contributed by atoms with Crippen LogP contribution in [0.4, 0.5) is 10.1 Å². The summed E-state index contributed by atoms with van der Waals surface area (Å²) in [7, 11) is 1.92. The third-order valence-corrected chi connectivity index (χ3v) is 4.45. The number of hydrogen-bond acceptors (Lipinski definition) is 0. The van der Waals surface area contributed by atoms with E-state index in [4.69, 9.17) is 6.57 Å². The summed E-state index contributed by atoms with van der Waals surface area (Å²) in [5, 5.41) is 1.90. The van der Waals surface area contributed by atoms with E-state index in [2.05, 4.69) is 4.85 Å². The van der Waals surface area contributed by atoms with Crippen LogP contribution in [0.2, 0.25) is 0 Å². The monoisotopic (exact) mass is 305 g/mol. The molecule has 2 nitrogen and oxygen atoms in total. The molecule has 0 radical (unpaired) electrons. The molecule has 0 saturated heterocycles. The van der Waals surface area contributed by atoms with Gasteiger partial charge >= 0.3 is 0 Å². The quantitative estimate of drug-likeness (QED) is 0.444. The molecule has 0 aliphatic carbocycles. The van der Waals surface area contributed by atoms with Crippen LogP contribution in [0.3, 0.4) is 0 Å². The molecule has 0 amide bonds. The average molecular weight is 305 g/mol. The summed E-state index contributed by atoms with van der Waals surface area (Å²) in [4.78, 5) is 3.48. The number of rotatable bonds is 1. The van der Waals surface area contributed by atoms with Crippen LogP contribution >= 0.6 is 0 Å². The van der Waals surface area contributed by atoms with Gasteiger partial charge in [-0.15, -0.1) is 0 Å². The summed E-state index contributed by atoms with van der Waals surface area (Å²) in [5.41, 5.74) is 4.76. The first-order chi connectivity index (χ1) is 10.9. The van der Waals surface area contributed by atoms with Crippen LogP contribution < -0.4 is 4.57 Å². The normalized spacial score (nSPS) is 10.8. The number of fused-ring (bicyclic) bond motifs is 1. The van der Waals surface area contributed by atoms with Crippen LogP contribution in [0.25, 0.3) is 26.9 Å². The largest absolute Gasteiger partial charge is 0.238 e. The van der Waals surface area contributed by atoms with Crippen molar-refractivity contribution in [3.8, 4) is 11.3 Å². The van der Waals surface area contributed by atoms with Gasteiger partial charge in [0.25, 0.3) is 0 Å². The van der Waals surface area contributed by atoms with Crippen LogP contribution in [0, 0.1) is 33.2 Å². The van der Waals surface area contributed by atoms with Crippen LogP contribution in [0.5, 0.6) is 0 Å². The highest BCUT2D eigenvalue weighted by Crippen LogP contribution is 2.34. The lowest BCUT2D eigenvalue weighted by atomic mass is 9.94. The molecule has 1 aromatic heterocycles. The van der Waals surface area contributed by atoms with Gasteiger partial charge in [0.1, 0.15) is 12.9 Å². The fourth-order valence-corrected chi connectivity index (χ4v) is 3.08. The second-order valence-corrected chi connectivity index (χ2v) is 5.98. The van der Waals surface area contributed by atoms with Gasteiger partial charge in [-0.25, -0.2) is 13.8 Å². The first-order valence-corrected chi connectivity index (χ1v) is 7.50. The highest BCUT2D eigenvalue weighted by atomic mass is 19.1. The summed E-state index contributed by atoms with van der Waals surface area (Å²) in [6.07, 6.45) is 1.92. The zero-order valence-electron chi connectivity index (χ0n) is 13.7. The smallest absolute Gasteiger partial charge is 0.223 e. The summed E-state index contributed by atoms with van der Waals surface area (Å²) >= 11 is 0. The van der Waals surface area contributed by atoms with E-state index in [9.17, 15) is 4.39 Å². The Bertz CT molecular complexity index is 955. The lowest BCUT2D eigenvalue weighted by Gasteiger charge is -2.13. The van der Waals surface area contributed by atoms with Gasteiger partial charge in [-0.05, 0) is 48.9 Å². The fourth-order valence-electron chi connectivity index (χ4n) is 3.08. The molecule has 0 bridgehead atoms. The van der Waals surface area contributed by atoms with E-state index in [1.807, 2.05) is 55.9 Å². The maximum atomic E-state index is 14.9. The van der Waals surface area contributed by atoms with Crippen LogP contribution in [0.1, 0.15) is 16.7 Å². The van der Waals surface area contributed by atoms with E-state index in [1.165, 1.54) is 0 Å². The van der Waals surface area contributed by atoms with E-state index < -0.39 is 0 Å². The number of hydrogen-bond donors (Lipinski definition) is 0. The molecule has 0 N–H and O–H groups in total. The topological polar surface area (TPSA) is 8.24 Å². The Labute approximate surface area is 135 Å². The minimum Gasteiger partial charge on any atom is -0.238 e. The number of benzene rings is 2. The molecule has 0 spiro atoms. The van der Waals surface area contributed by atoms with Crippen molar-refractivity contribution >= 4 is 16.5 Å².